The highest BCUT2D eigenvalue weighted by molar-refractivity contribution is 9.10. The Hall–Kier alpha value is -0.0600. The van der Waals surface area contributed by atoms with Crippen LogP contribution in [0.3, 0.4) is 0 Å². The minimum absolute atomic E-state index is 0.253. The highest BCUT2D eigenvalue weighted by Crippen LogP contribution is 2.26. The van der Waals surface area contributed by atoms with Crippen LogP contribution in [0.15, 0.2) is 22.7 Å². The second-order valence-corrected chi connectivity index (χ2v) is 5.08. The number of halogens is 2. The van der Waals surface area contributed by atoms with Crippen LogP contribution >= 0.6 is 31.9 Å². The van der Waals surface area contributed by atoms with Crippen molar-refractivity contribution in [3.8, 4) is 5.75 Å². The van der Waals surface area contributed by atoms with Crippen LogP contribution in [0.4, 0.5) is 0 Å². The molecule has 0 amide bonds. The third-order valence-corrected chi connectivity index (χ3v) is 3.21. The molecule has 0 bridgehead atoms. The van der Waals surface area contributed by atoms with E-state index in [9.17, 15) is 0 Å². The first-order valence-corrected chi connectivity index (χ1v) is 7.13. The van der Waals surface area contributed by atoms with Gasteiger partial charge in [-0.25, -0.2) is 0 Å². The van der Waals surface area contributed by atoms with Crippen LogP contribution in [0.2, 0.25) is 0 Å². The lowest BCUT2D eigenvalue weighted by molar-refractivity contribution is 0.0551. The fourth-order valence-corrected chi connectivity index (χ4v) is 2.07. The predicted octanol–water partition coefficient (Wildman–Crippen LogP) is 4.15. The molecule has 0 atom stereocenters. The predicted molar refractivity (Wildman–Crippen MR) is 73.4 cm³/mol. The van der Waals surface area contributed by atoms with E-state index < -0.39 is 0 Å². The van der Waals surface area contributed by atoms with E-state index in [0.29, 0.717) is 13.2 Å². The Labute approximate surface area is 114 Å². The molecule has 0 saturated heterocycles. The Kier molecular flexibility index (Phi) is 6.39. The quantitative estimate of drug-likeness (QED) is 0.566. The normalized spacial score (nSPS) is 10.8. The molecule has 0 N–H and O–H groups in total. The summed E-state index contributed by atoms with van der Waals surface area (Å²) >= 11 is 6.90. The molecule has 0 heterocycles. The molecule has 0 aliphatic carbocycles. The van der Waals surface area contributed by atoms with Crippen molar-refractivity contribution in [3.63, 3.8) is 0 Å². The lowest BCUT2D eigenvalue weighted by Crippen LogP contribution is -2.11. The van der Waals surface area contributed by atoms with Crippen LogP contribution in [-0.2, 0) is 10.1 Å². The van der Waals surface area contributed by atoms with E-state index in [-0.39, 0.29) is 6.10 Å². The summed E-state index contributed by atoms with van der Waals surface area (Å²) in [7, 11) is 0. The maximum absolute atomic E-state index is 5.60. The first kappa shape index (κ1) is 14.0. The van der Waals surface area contributed by atoms with Gasteiger partial charge >= 0.3 is 0 Å². The molecule has 0 unspecified atom stereocenters. The number of ether oxygens (including phenoxy) is 2. The van der Waals surface area contributed by atoms with Gasteiger partial charge in [0, 0.05) is 5.33 Å². The zero-order valence-electron chi connectivity index (χ0n) is 9.50. The Balaban J connectivity index is 2.42. The topological polar surface area (TPSA) is 18.5 Å². The van der Waals surface area contributed by atoms with E-state index in [1.165, 1.54) is 5.56 Å². The van der Waals surface area contributed by atoms with Gasteiger partial charge in [0.25, 0.3) is 0 Å². The van der Waals surface area contributed by atoms with Crippen molar-refractivity contribution in [2.45, 2.75) is 25.3 Å². The summed E-state index contributed by atoms with van der Waals surface area (Å²) in [4.78, 5) is 0. The van der Waals surface area contributed by atoms with Crippen molar-refractivity contribution in [3.05, 3.63) is 28.2 Å². The van der Waals surface area contributed by atoms with Crippen molar-refractivity contribution in [2.75, 3.05) is 13.2 Å². The zero-order valence-corrected chi connectivity index (χ0v) is 12.7. The molecule has 1 aromatic rings. The third-order valence-electron chi connectivity index (χ3n) is 1.94. The molecule has 4 heteroatoms. The van der Waals surface area contributed by atoms with Gasteiger partial charge in [-0.2, -0.15) is 0 Å². The smallest absolute Gasteiger partial charge is 0.133 e. The minimum Gasteiger partial charge on any atom is -0.490 e. The fraction of sp³-hybridized carbons (Fsp3) is 0.500. The molecule has 90 valence electrons. The molecule has 1 rings (SSSR count). The number of hydrogen-bond acceptors (Lipinski definition) is 2. The Morgan fingerprint density at radius 1 is 1.25 bits per heavy atom. The number of rotatable bonds is 6. The van der Waals surface area contributed by atoms with Gasteiger partial charge in [-0.3, -0.25) is 0 Å². The standard InChI is InChI=1S/C12H16Br2O2/c1-9(2)15-5-6-16-12-4-3-10(8-13)7-11(12)14/h3-4,7,9H,5-6,8H2,1-2H3. The summed E-state index contributed by atoms with van der Waals surface area (Å²) in [5, 5.41) is 0.850. The lowest BCUT2D eigenvalue weighted by atomic mass is 10.2. The number of hydrogen-bond donors (Lipinski definition) is 0. The molecule has 0 aliphatic heterocycles. The highest BCUT2D eigenvalue weighted by Gasteiger charge is 2.02. The SMILES string of the molecule is CC(C)OCCOc1ccc(CBr)cc1Br. The molecular formula is C12H16Br2O2. The van der Waals surface area contributed by atoms with Crippen molar-refractivity contribution >= 4 is 31.9 Å². The van der Waals surface area contributed by atoms with E-state index >= 15 is 0 Å². The maximum Gasteiger partial charge on any atom is 0.133 e. The van der Waals surface area contributed by atoms with Gasteiger partial charge in [-0.1, -0.05) is 22.0 Å². The molecule has 0 aliphatic rings. The van der Waals surface area contributed by atoms with Crippen molar-refractivity contribution < 1.29 is 9.47 Å². The average molecular weight is 352 g/mol. The van der Waals surface area contributed by atoms with E-state index in [2.05, 4.69) is 31.9 Å². The van der Waals surface area contributed by atoms with Gasteiger partial charge in [0.2, 0.25) is 0 Å². The Morgan fingerprint density at radius 2 is 2.00 bits per heavy atom. The second-order valence-electron chi connectivity index (χ2n) is 3.67. The van der Waals surface area contributed by atoms with E-state index in [4.69, 9.17) is 9.47 Å². The second kappa shape index (κ2) is 7.30. The van der Waals surface area contributed by atoms with E-state index in [0.717, 1.165) is 15.6 Å². The Morgan fingerprint density at radius 3 is 2.56 bits per heavy atom. The van der Waals surface area contributed by atoms with Gasteiger partial charge in [0.05, 0.1) is 17.2 Å². The van der Waals surface area contributed by atoms with E-state index in [1.807, 2.05) is 32.0 Å². The summed E-state index contributed by atoms with van der Waals surface area (Å²) in [5.74, 6) is 0.858. The lowest BCUT2D eigenvalue weighted by Gasteiger charge is -2.11. The number of benzene rings is 1. The largest absolute Gasteiger partial charge is 0.490 e. The minimum atomic E-state index is 0.253. The van der Waals surface area contributed by atoms with Crippen LogP contribution in [-0.4, -0.2) is 19.3 Å². The monoisotopic (exact) mass is 350 g/mol. The van der Waals surface area contributed by atoms with Gasteiger partial charge in [-0.05, 0) is 47.5 Å². The first-order chi connectivity index (χ1) is 7.63. The molecule has 0 radical (unpaired) electrons. The summed E-state index contributed by atoms with van der Waals surface area (Å²) < 4.78 is 12.0. The molecule has 2 nitrogen and oxygen atoms in total. The van der Waals surface area contributed by atoms with Crippen LogP contribution in [0.5, 0.6) is 5.75 Å². The van der Waals surface area contributed by atoms with Crippen molar-refractivity contribution in [1.29, 1.82) is 0 Å². The summed E-state index contributed by atoms with van der Waals surface area (Å²) in [6.07, 6.45) is 0.253. The molecule has 0 aromatic heterocycles. The van der Waals surface area contributed by atoms with Gasteiger partial charge < -0.3 is 9.47 Å². The first-order valence-electron chi connectivity index (χ1n) is 5.22. The Bertz CT molecular complexity index is 327. The molecular weight excluding hydrogens is 336 g/mol. The van der Waals surface area contributed by atoms with Gasteiger partial charge in [0.15, 0.2) is 0 Å². The maximum atomic E-state index is 5.60. The highest BCUT2D eigenvalue weighted by atomic mass is 79.9. The fourth-order valence-electron chi connectivity index (χ4n) is 1.18. The number of alkyl halides is 1. The average Bonchev–Trinajstić information content (AvgIpc) is 2.25. The molecule has 0 saturated carbocycles. The van der Waals surface area contributed by atoms with Gasteiger partial charge in [0.1, 0.15) is 12.4 Å². The summed E-state index contributed by atoms with van der Waals surface area (Å²) in [6.45, 7) is 5.22. The van der Waals surface area contributed by atoms with Crippen LogP contribution in [0, 0.1) is 0 Å². The summed E-state index contributed by atoms with van der Waals surface area (Å²) in [6, 6.07) is 6.06. The molecule has 0 fully saturated rings. The molecule has 0 spiro atoms. The van der Waals surface area contributed by atoms with Crippen LogP contribution < -0.4 is 4.74 Å². The molecule has 16 heavy (non-hydrogen) atoms. The van der Waals surface area contributed by atoms with Crippen LogP contribution in [0.1, 0.15) is 19.4 Å². The third kappa shape index (κ3) is 4.85. The van der Waals surface area contributed by atoms with Crippen molar-refractivity contribution in [1.82, 2.24) is 0 Å². The molecule has 1 aromatic carbocycles. The van der Waals surface area contributed by atoms with Crippen LogP contribution in [0.25, 0.3) is 0 Å². The van der Waals surface area contributed by atoms with Crippen molar-refractivity contribution in [2.24, 2.45) is 0 Å². The van der Waals surface area contributed by atoms with E-state index in [1.54, 1.807) is 0 Å². The van der Waals surface area contributed by atoms with Gasteiger partial charge in [-0.15, -0.1) is 0 Å². The zero-order chi connectivity index (χ0) is 12.0. The summed E-state index contributed by atoms with van der Waals surface area (Å²) in [5.41, 5.74) is 1.22.